The fraction of sp³-hybridized carbons (Fsp3) is 0.259. The number of amides is 2. The molecule has 41 heavy (non-hydrogen) atoms. The molecule has 2 aliphatic rings. The van der Waals surface area contributed by atoms with Crippen LogP contribution in [0.5, 0.6) is 0 Å². The van der Waals surface area contributed by atoms with Crippen molar-refractivity contribution < 1.29 is 27.1 Å². The summed E-state index contributed by atoms with van der Waals surface area (Å²) in [4.78, 5) is 31.9. The molecule has 2 N–H and O–H groups in total. The van der Waals surface area contributed by atoms with Gasteiger partial charge < -0.3 is 15.4 Å². The summed E-state index contributed by atoms with van der Waals surface area (Å²) in [6.45, 7) is 2.79. The molecule has 2 saturated heterocycles. The lowest BCUT2D eigenvalue weighted by Gasteiger charge is -2.26. The van der Waals surface area contributed by atoms with Gasteiger partial charge in [0.25, 0.3) is 0 Å². The number of nitrogens with zero attached hydrogens (tertiary/aromatic N) is 6. The van der Waals surface area contributed by atoms with Crippen LogP contribution in [-0.2, 0) is 10.9 Å². The van der Waals surface area contributed by atoms with Gasteiger partial charge in [-0.05, 0) is 48.0 Å². The molecule has 2 aliphatic heterocycles. The van der Waals surface area contributed by atoms with Crippen molar-refractivity contribution in [3.05, 3.63) is 66.1 Å². The summed E-state index contributed by atoms with van der Waals surface area (Å²) in [6, 6.07) is 9.93. The number of ether oxygens (including phenoxy) is 1. The van der Waals surface area contributed by atoms with Gasteiger partial charge >= 0.3 is 12.2 Å². The first-order valence-electron chi connectivity index (χ1n) is 12.7. The van der Waals surface area contributed by atoms with Gasteiger partial charge in [-0.15, -0.1) is 0 Å². The lowest BCUT2D eigenvalue weighted by atomic mass is 10.1. The molecule has 4 heterocycles. The van der Waals surface area contributed by atoms with Gasteiger partial charge in [0.1, 0.15) is 11.5 Å². The molecule has 2 fully saturated rings. The second-order valence-corrected chi connectivity index (χ2v) is 10.3. The number of nitrogens with two attached hydrogens (primary N) is 1. The summed E-state index contributed by atoms with van der Waals surface area (Å²) in [5, 5.41) is 0.743. The first kappa shape index (κ1) is 26.9. The summed E-state index contributed by atoms with van der Waals surface area (Å²) in [5.74, 6) is -0.526. The van der Waals surface area contributed by atoms with Crippen LogP contribution in [0.4, 0.5) is 44.8 Å². The molecule has 9 nitrogen and oxygen atoms in total. The lowest BCUT2D eigenvalue weighted by molar-refractivity contribution is -0.137. The quantitative estimate of drug-likeness (QED) is 0.318. The highest BCUT2D eigenvalue weighted by molar-refractivity contribution is 7.19. The number of nitrogen functional groups attached to an aromatic ring is 1. The third kappa shape index (κ3) is 5.27. The van der Waals surface area contributed by atoms with E-state index in [0.29, 0.717) is 53.8 Å². The van der Waals surface area contributed by atoms with E-state index < -0.39 is 23.6 Å². The van der Waals surface area contributed by atoms with E-state index in [4.69, 9.17) is 15.5 Å². The summed E-state index contributed by atoms with van der Waals surface area (Å²) >= 11 is 1.41. The van der Waals surface area contributed by atoms with Crippen LogP contribution in [0.2, 0.25) is 0 Å². The smallest absolute Gasteiger partial charge is 0.378 e. The molecular formula is C27H23F4N7O2S. The Bertz CT molecular complexity index is 1590. The minimum atomic E-state index is -4.49. The summed E-state index contributed by atoms with van der Waals surface area (Å²) in [5.41, 5.74) is 7.03. The summed E-state index contributed by atoms with van der Waals surface area (Å²) in [6.07, 6.45) is -2.96. The summed E-state index contributed by atoms with van der Waals surface area (Å²) < 4.78 is 59.6. The van der Waals surface area contributed by atoms with Crippen molar-refractivity contribution >= 4 is 39.8 Å². The zero-order chi connectivity index (χ0) is 28.7. The van der Waals surface area contributed by atoms with Gasteiger partial charge in [-0.1, -0.05) is 17.4 Å². The molecule has 4 aromatic rings. The van der Waals surface area contributed by atoms with Gasteiger partial charge in [0, 0.05) is 38.1 Å². The number of anilines is 4. The number of carbonyl (C=O) groups is 1. The number of hydrogen-bond acceptors (Lipinski definition) is 8. The van der Waals surface area contributed by atoms with Crippen LogP contribution in [0.1, 0.15) is 5.56 Å². The first-order chi connectivity index (χ1) is 19.7. The lowest BCUT2D eigenvalue weighted by Crippen LogP contribution is -2.36. The monoisotopic (exact) mass is 585 g/mol. The van der Waals surface area contributed by atoms with Crippen LogP contribution in [0.25, 0.3) is 21.8 Å². The van der Waals surface area contributed by atoms with E-state index in [2.05, 4.69) is 14.9 Å². The number of rotatable bonds is 5. The SMILES string of the molecule is Nc1nccc(-c2nc(N3CCOCC3)sc2-c2ccc(F)c(N3CCN(c4ccc(C(F)(F)F)cc4)C3=O)c2)n1. The molecule has 14 heteroatoms. The molecule has 212 valence electrons. The highest BCUT2D eigenvalue weighted by Crippen LogP contribution is 2.42. The molecule has 0 saturated carbocycles. The molecular weight excluding hydrogens is 562 g/mol. The van der Waals surface area contributed by atoms with Gasteiger partial charge in [0.2, 0.25) is 5.95 Å². The van der Waals surface area contributed by atoms with Gasteiger partial charge in [-0.2, -0.15) is 13.2 Å². The Kier molecular flexibility index (Phi) is 6.95. The molecule has 0 atom stereocenters. The molecule has 2 aromatic heterocycles. The van der Waals surface area contributed by atoms with E-state index >= 15 is 4.39 Å². The van der Waals surface area contributed by atoms with Crippen LogP contribution in [-0.4, -0.2) is 60.4 Å². The number of halogens is 4. The number of aromatic nitrogens is 3. The van der Waals surface area contributed by atoms with Crippen molar-refractivity contribution in [3.8, 4) is 21.8 Å². The Hall–Kier alpha value is -4.30. The molecule has 6 rings (SSSR count). The summed E-state index contributed by atoms with van der Waals surface area (Å²) in [7, 11) is 0. The van der Waals surface area contributed by atoms with E-state index in [0.717, 1.165) is 17.3 Å². The maximum absolute atomic E-state index is 15.2. The van der Waals surface area contributed by atoms with E-state index in [-0.39, 0.29) is 24.7 Å². The minimum absolute atomic E-state index is 0.0522. The zero-order valence-corrected chi connectivity index (χ0v) is 22.3. The highest BCUT2D eigenvalue weighted by atomic mass is 32.1. The fourth-order valence-electron chi connectivity index (χ4n) is 4.76. The average molecular weight is 586 g/mol. The highest BCUT2D eigenvalue weighted by Gasteiger charge is 2.34. The van der Waals surface area contributed by atoms with Crippen molar-refractivity contribution in [3.63, 3.8) is 0 Å². The first-order valence-corrected chi connectivity index (χ1v) is 13.5. The van der Waals surface area contributed by atoms with Crippen LogP contribution >= 0.6 is 11.3 Å². The number of urea groups is 1. The van der Waals surface area contributed by atoms with Crippen molar-refractivity contribution in [2.24, 2.45) is 0 Å². The maximum Gasteiger partial charge on any atom is 0.416 e. The average Bonchev–Trinajstić information content (AvgIpc) is 3.58. The standard InChI is InChI=1S/C27H23F4N7O2S/c28-19-6-1-16(15-21(19)38-10-9-37(26(38)39)18-4-2-17(3-5-18)27(29,30)31)23-22(20-7-8-33-24(32)34-20)35-25(41-23)36-11-13-40-14-12-36/h1-8,15H,9-14H2,(H2,32,33,34). The number of carbonyl (C=O) groups excluding carboxylic acids is 1. The van der Waals surface area contributed by atoms with E-state index in [9.17, 15) is 18.0 Å². The van der Waals surface area contributed by atoms with Gasteiger partial charge in [0.15, 0.2) is 5.13 Å². The second kappa shape index (κ2) is 10.6. The molecule has 0 aliphatic carbocycles. The minimum Gasteiger partial charge on any atom is -0.378 e. The third-order valence-corrected chi connectivity index (χ3v) is 7.99. The molecule has 2 aromatic carbocycles. The molecule has 0 bridgehead atoms. The molecule has 0 unspecified atom stereocenters. The van der Waals surface area contributed by atoms with E-state index in [1.807, 2.05) is 0 Å². The topological polar surface area (TPSA) is 101 Å². The number of thiazole rings is 1. The van der Waals surface area contributed by atoms with Crippen LogP contribution in [0.3, 0.4) is 0 Å². The second-order valence-electron chi connectivity index (χ2n) is 9.37. The molecule has 2 amide bonds. The number of benzene rings is 2. The number of hydrogen-bond donors (Lipinski definition) is 1. The normalized spacial score (nSPS) is 16.1. The van der Waals surface area contributed by atoms with Gasteiger partial charge in [0.05, 0.1) is 35.0 Å². The van der Waals surface area contributed by atoms with Crippen molar-refractivity contribution in [2.45, 2.75) is 6.18 Å². The van der Waals surface area contributed by atoms with Gasteiger partial charge in [-0.3, -0.25) is 9.80 Å². The van der Waals surface area contributed by atoms with Crippen LogP contribution < -0.4 is 20.4 Å². The van der Waals surface area contributed by atoms with Crippen molar-refractivity contribution in [1.29, 1.82) is 0 Å². The Balaban J connectivity index is 1.34. The molecule has 0 radical (unpaired) electrons. The fourth-order valence-corrected chi connectivity index (χ4v) is 5.89. The number of alkyl halides is 3. The van der Waals surface area contributed by atoms with Crippen molar-refractivity contribution in [2.75, 3.05) is 59.8 Å². The Labute approximate surface area is 235 Å². The van der Waals surface area contributed by atoms with Crippen LogP contribution in [0, 0.1) is 5.82 Å². The Morgan fingerprint density at radius 3 is 2.37 bits per heavy atom. The Morgan fingerprint density at radius 1 is 0.927 bits per heavy atom. The van der Waals surface area contributed by atoms with E-state index in [1.54, 1.807) is 18.2 Å². The van der Waals surface area contributed by atoms with E-state index in [1.165, 1.54) is 45.5 Å². The predicted molar refractivity (Wildman–Crippen MR) is 148 cm³/mol. The van der Waals surface area contributed by atoms with Crippen molar-refractivity contribution in [1.82, 2.24) is 15.0 Å². The third-order valence-electron chi connectivity index (χ3n) is 6.83. The Morgan fingerprint density at radius 2 is 1.66 bits per heavy atom. The number of morpholine rings is 1. The zero-order valence-electron chi connectivity index (χ0n) is 21.4. The predicted octanol–water partition coefficient (Wildman–Crippen LogP) is 5.29. The van der Waals surface area contributed by atoms with Gasteiger partial charge in [-0.25, -0.2) is 24.1 Å². The van der Waals surface area contributed by atoms with Crippen LogP contribution in [0.15, 0.2) is 54.7 Å². The largest absolute Gasteiger partial charge is 0.416 e. The maximum atomic E-state index is 15.2. The molecule has 0 spiro atoms.